The van der Waals surface area contributed by atoms with Crippen molar-refractivity contribution in [1.29, 1.82) is 0 Å². The summed E-state index contributed by atoms with van der Waals surface area (Å²) in [6.45, 7) is 2.11. The molecule has 1 N–H and O–H groups in total. The Balaban J connectivity index is 2.14. The maximum Gasteiger partial charge on any atom is 0.162 e. The van der Waals surface area contributed by atoms with Crippen molar-refractivity contribution in [3.05, 3.63) is 9.21 Å². The molecule has 1 aromatic heterocycles. The molecule has 13 heavy (non-hydrogen) atoms. The summed E-state index contributed by atoms with van der Waals surface area (Å²) in [5, 5.41) is 11.9. The summed E-state index contributed by atoms with van der Waals surface area (Å²) in [5.74, 6) is 0. The van der Waals surface area contributed by atoms with Crippen LogP contribution < -0.4 is 5.32 Å². The average Bonchev–Trinajstić information content (AvgIpc) is 2.49. The second-order valence-electron chi connectivity index (χ2n) is 3.08. The van der Waals surface area contributed by atoms with E-state index in [2.05, 4.69) is 47.4 Å². The molecule has 2 heterocycles. The Labute approximate surface area is 93.3 Å². The van der Waals surface area contributed by atoms with Crippen LogP contribution in [0.5, 0.6) is 0 Å². The fourth-order valence-corrected chi connectivity index (χ4v) is 1.97. The minimum absolute atomic E-state index is 0.448. The zero-order chi connectivity index (χ0) is 9.26. The van der Waals surface area contributed by atoms with Crippen molar-refractivity contribution in [2.75, 3.05) is 13.1 Å². The van der Waals surface area contributed by atoms with E-state index in [1.54, 1.807) is 4.80 Å². The van der Waals surface area contributed by atoms with E-state index in [0.717, 1.165) is 35.1 Å². The maximum absolute atomic E-state index is 4.28. The fraction of sp³-hybridized carbons (Fsp3) is 0.714. The highest BCUT2D eigenvalue weighted by Crippen LogP contribution is 2.22. The van der Waals surface area contributed by atoms with Crippen LogP contribution in [-0.4, -0.2) is 28.1 Å². The van der Waals surface area contributed by atoms with Crippen molar-refractivity contribution in [1.82, 2.24) is 20.3 Å². The van der Waals surface area contributed by atoms with Crippen LogP contribution >= 0.6 is 31.9 Å². The van der Waals surface area contributed by atoms with Gasteiger partial charge in [0.15, 0.2) is 9.21 Å². The third-order valence-corrected chi connectivity index (χ3v) is 3.79. The Morgan fingerprint density at radius 3 is 2.23 bits per heavy atom. The molecule has 1 aliphatic rings. The predicted octanol–water partition coefficient (Wildman–Crippen LogP) is 1.73. The molecule has 2 rings (SSSR count). The molecule has 1 aliphatic heterocycles. The molecule has 0 spiro atoms. The molecule has 0 bridgehead atoms. The van der Waals surface area contributed by atoms with Crippen LogP contribution in [0, 0.1) is 0 Å². The van der Waals surface area contributed by atoms with Crippen LogP contribution in [0.2, 0.25) is 0 Å². The Morgan fingerprint density at radius 2 is 1.69 bits per heavy atom. The number of hydrogen-bond donors (Lipinski definition) is 1. The first-order valence-corrected chi connectivity index (χ1v) is 5.84. The lowest BCUT2D eigenvalue weighted by Gasteiger charge is -2.21. The molecule has 4 nitrogen and oxygen atoms in total. The molecule has 0 amide bonds. The topological polar surface area (TPSA) is 42.7 Å². The van der Waals surface area contributed by atoms with Gasteiger partial charge in [-0.1, -0.05) is 0 Å². The highest BCUT2D eigenvalue weighted by atomic mass is 79.9. The number of nitrogens with one attached hydrogen (secondary N) is 1. The second-order valence-corrected chi connectivity index (χ2v) is 4.59. The first kappa shape index (κ1) is 9.61. The normalized spacial score (nSPS) is 19.2. The summed E-state index contributed by atoms with van der Waals surface area (Å²) in [6, 6.07) is 0.448. The van der Waals surface area contributed by atoms with Crippen molar-refractivity contribution >= 4 is 31.9 Å². The third-order valence-electron chi connectivity index (χ3n) is 2.19. The SMILES string of the molecule is Brc1nn(C2CCNCC2)nc1Br. The molecular weight excluding hydrogens is 300 g/mol. The Hall–Kier alpha value is 0.0600. The fourth-order valence-electron chi connectivity index (χ4n) is 1.49. The number of halogens is 2. The van der Waals surface area contributed by atoms with Crippen molar-refractivity contribution in [2.24, 2.45) is 0 Å². The lowest BCUT2D eigenvalue weighted by molar-refractivity contribution is 0.312. The molecule has 72 valence electrons. The van der Waals surface area contributed by atoms with Crippen molar-refractivity contribution in [3.8, 4) is 0 Å². The van der Waals surface area contributed by atoms with Gasteiger partial charge in [-0.25, -0.2) is 0 Å². The first-order valence-electron chi connectivity index (χ1n) is 4.26. The number of hydrogen-bond acceptors (Lipinski definition) is 3. The zero-order valence-corrected chi connectivity index (χ0v) is 10.2. The average molecular weight is 310 g/mol. The van der Waals surface area contributed by atoms with Gasteiger partial charge in [-0.3, -0.25) is 0 Å². The molecular formula is C7H10Br2N4. The van der Waals surface area contributed by atoms with E-state index in [9.17, 15) is 0 Å². The molecule has 0 radical (unpaired) electrons. The van der Waals surface area contributed by atoms with Crippen molar-refractivity contribution in [3.63, 3.8) is 0 Å². The van der Waals surface area contributed by atoms with Crippen LogP contribution in [0.25, 0.3) is 0 Å². The van der Waals surface area contributed by atoms with Crippen molar-refractivity contribution < 1.29 is 0 Å². The summed E-state index contributed by atoms with van der Waals surface area (Å²) in [4.78, 5) is 1.80. The minimum atomic E-state index is 0.448. The molecule has 0 aliphatic carbocycles. The number of aromatic nitrogens is 3. The zero-order valence-electron chi connectivity index (χ0n) is 7.00. The van der Waals surface area contributed by atoms with Gasteiger partial charge in [0, 0.05) is 0 Å². The molecule has 6 heteroatoms. The van der Waals surface area contributed by atoms with Gasteiger partial charge in [-0.05, 0) is 57.8 Å². The highest BCUT2D eigenvalue weighted by molar-refractivity contribution is 9.13. The summed E-state index contributed by atoms with van der Waals surface area (Å²) >= 11 is 6.65. The summed E-state index contributed by atoms with van der Waals surface area (Å²) < 4.78 is 1.57. The van der Waals surface area contributed by atoms with E-state index in [1.165, 1.54) is 0 Å². The molecule has 1 saturated heterocycles. The van der Waals surface area contributed by atoms with Gasteiger partial charge in [0.25, 0.3) is 0 Å². The van der Waals surface area contributed by atoms with Crippen LogP contribution in [0.15, 0.2) is 9.21 Å². The largest absolute Gasteiger partial charge is 0.317 e. The van der Waals surface area contributed by atoms with Crippen LogP contribution in [0.4, 0.5) is 0 Å². The smallest absolute Gasteiger partial charge is 0.162 e. The van der Waals surface area contributed by atoms with Gasteiger partial charge in [-0.15, -0.1) is 10.2 Å². The molecule has 0 aromatic carbocycles. The molecule has 1 aromatic rings. The standard InChI is InChI=1S/C7H10Br2N4/c8-6-7(9)12-13(11-6)5-1-3-10-4-2-5/h5,10H,1-4H2. The Kier molecular flexibility index (Phi) is 3.00. The van der Waals surface area contributed by atoms with E-state index in [0.29, 0.717) is 6.04 Å². The van der Waals surface area contributed by atoms with Gasteiger partial charge in [0.2, 0.25) is 0 Å². The third kappa shape index (κ3) is 2.11. The lowest BCUT2D eigenvalue weighted by Crippen LogP contribution is -2.30. The summed E-state index contributed by atoms with van der Waals surface area (Å²) in [6.07, 6.45) is 2.21. The van der Waals surface area contributed by atoms with E-state index in [1.807, 2.05) is 0 Å². The first-order chi connectivity index (χ1) is 6.27. The predicted molar refractivity (Wildman–Crippen MR) is 56.6 cm³/mol. The summed E-state index contributed by atoms with van der Waals surface area (Å²) in [5.41, 5.74) is 0. The van der Waals surface area contributed by atoms with Crippen LogP contribution in [-0.2, 0) is 0 Å². The molecule has 0 atom stereocenters. The van der Waals surface area contributed by atoms with E-state index in [4.69, 9.17) is 0 Å². The van der Waals surface area contributed by atoms with E-state index >= 15 is 0 Å². The van der Waals surface area contributed by atoms with Gasteiger partial charge in [-0.2, -0.15) is 4.80 Å². The van der Waals surface area contributed by atoms with E-state index < -0.39 is 0 Å². The van der Waals surface area contributed by atoms with Gasteiger partial charge < -0.3 is 5.32 Å². The van der Waals surface area contributed by atoms with Gasteiger partial charge in [0.05, 0.1) is 6.04 Å². The van der Waals surface area contributed by atoms with E-state index in [-0.39, 0.29) is 0 Å². The highest BCUT2D eigenvalue weighted by Gasteiger charge is 2.18. The van der Waals surface area contributed by atoms with Crippen molar-refractivity contribution in [2.45, 2.75) is 18.9 Å². The molecule has 0 unspecified atom stereocenters. The number of piperidine rings is 1. The van der Waals surface area contributed by atoms with Crippen LogP contribution in [0.3, 0.4) is 0 Å². The van der Waals surface area contributed by atoms with Gasteiger partial charge in [0.1, 0.15) is 0 Å². The minimum Gasteiger partial charge on any atom is -0.317 e. The number of nitrogens with zero attached hydrogens (tertiary/aromatic N) is 3. The quantitative estimate of drug-likeness (QED) is 0.859. The molecule has 1 fully saturated rings. The van der Waals surface area contributed by atoms with Crippen LogP contribution in [0.1, 0.15) is 18.9 Å². The Morgan fingerprint density at radius 1 is 1.15 bits per heavy atom. The maximum atomic E-state index is 4.28. The number of rotatable bonds is 1. The second kappa shape index (κ2) is 4.06. The lowest BCUT2D eigenvalue weighted by atomic mass is 10.1. The Bertz CT molecular complexity index is 273. The van der Waals surface area contributed by atoms with Gasteiger partial charge >= 0.3 is 0 Å². The summed E-state index contributed by atoms with van der Waals surface area (Å²) in [7, 11) is 0. The monoisotopic (exact) mass is 308 g/mol. The molecule has 0 saturated carbocycles.